The molecule has 0 radical (unpaired) electrons. The number of carboxylic acid groups (broad SMARTS) is 1. The molecule has 0 spiro atoms. The quantitative estimate of drug-likeness (QED) is 0.833. The first kappa shape index (κ1) is 16.0. The molecular formula is C15H21N3O2. The van der Waals surface area contributed by atoms with E-state index in [0.717, 1.165) is 11.3 Å². The van der Waals surface area contributed by atoms with E-state index in [4.69, 9.17) is 0 Å². The lowest BCUT2D eigenvalue weighted by Gasteiger charge is -2.27. The predicted molar refractivity (Wildman–Crippen MR) is 77.6 cm³/mol. The summed E-state index contributed by atoms with van der Waals surface area (Å²) in [6, 6.07) is 3.96. The Balaban J connectivity index is 3.06. The van der Waals surface area contributed by atoms with Crippen molar-refractivity contribution in [2.24, 2.45) is 5.41 Å². The third kappa shape index (κ3) is 3.08. The van der Waals surface area contributed by atoms with Crippen molar-refractivity contribution in [3.8, 4) is 6.07 Å². The Morgan fingerprint density at radius 3 is 2.50 bits per heavy atom. The van der Waals surface area contributed by atoms with Gasteiger partial charge in [0.25, 0.3) is 0 Å². The van der Waals surface area contributed by atoms with Gasteiger partial charge >= 0.3 is 5.97 Å². The Kier molecular flexibility index (Phi) is 5.09. The number of carboxylic acids is 1. The summed E-state index contributed by atoms with van der Waals surface area (Å²) in [5.74, 6) is -0.351. The second-order valence-corrected chi connectivity index (χ2v) is 5.06. The number of nitriles is 1. The van der Waals surface area contributed by atoms with Gasteiger partial charge in [0.2, 0.25) is 0 Å². The number of nitrogens with one attached hydrogen (secondary N) is 1. The largest absolute Gasteiger partial charge is 0.481 e. The van der Waals surface area contributed by atoms with Gasteiger partial charge in [-0.3, -0.25) is 4.79 Å². The molecule has 2 N–H and O–H groups in total. The lowest BCUT2D eigenvalue weighted by atomic mass is 9.82. The molecule has 0 bridgehead atoms. The normalized spacial score (nSPS) is 10.9. The fraction of sp³-hybridized carbons (Fsp3) is 0.533. The maximum absolute atomic E-state index is 11.5. The van der Waals surface area contributed by atoms with Crippen LogP contribution in [0.1, 0.15) is 43.5 Å². The summed E-state index contributed by atoms with van der Waals surface area (Å²) >= 11 is 0. The summed E-state index contributed by atoms with van der Waals surface area (Å²) in [7, 11) is 0. The number of aryl methyl sites for hydroxylation is 2. The summed E-state index contributed by atoms with van der Waals surface area (Å²) in [6.45, 7) is 7.69. The first-order chi connectivity index (χ1) is 9.40. The Hall–Kier alpha value is -2.09. The van der Waals surface area contributed by atoms with Crippen LogP contribution in [0.25, 0.3) is 0 Å². The Morgan fingerprint density at radius 2 is 2.05 bits per heavy atom. The highest BCUT2D eigenvalue weighted by Gasteiger charge is 2.34. The van der Waals surface area contributed by atoms with Crippen LogP contribution in [-0.4, -0.2) is 22.6 Å². The minimum atomic E-state index is -0.827. The molecule has 0 amide bonds. The van der Waals surface area contributed by atoms with Gasteiger partial charge in [-0.15, -0.1) is 0 Å². The van der Waals surface area contributed by atoms with E-state index in [9.17, 15) is 15.2 Å². The highest BCUT2D eigenvalue weighted by Crippen LogP contribution is 2.28. The molecule has 5 heteroatoms. The molecule has 0 atom stereocenters. The molecule has 20 heavy (non-hydrogen) atoms. The van der Waals surface area contributed by atoms with Crippen LogP contribution in [0, 0.1) is 30.6 Å². The zero-order valence-electron chi connectivity index (χ0n) is 12.4. The summed E-state index contributed by atoms with van der Waals surface area (Å²) in [5.41, 5.74) is 1.29. The van der Waals surface area contributed by atoms with E-state index >= 15 is 0 Å². The molecule has 108 valence electrons. The van der Waals surface area contributed by atoms with Crippen molar-refractivity contribution in [2.75, 3.05) is 11.9 Å². The molecule has 0 fully saturated rings. The highest BCUT2D eigenvalue weighted by molar-refractivity contribution is 5.75. The Morgan fingerprint density at radius 1 is 1.45 bits per heavy atom. The van der Waals surface area contributed by atoms with Gasteiger partial charge in [-0.1, -0.05) is 13.8 Å². The van der Waals surface area contributed by atoms with Gasteiger partial charge in [0.05, 0.1) is 11.0 Å². The maximum atomic E-state index is 11.5. The number of rotatable bonds is 6. The monoisotopic (exact) mass is 275 g/mol. The van der Waals surface area contributed by atoms with Crippen molar-refractivity contribution in [3.05, 3.63) is 22.9 Å². The number of aliphatic carboxylic acids is 1. The molecule has 5 nitrogen and oxygen atoms in total. The Labute approximate surface area is 119 Å². The molecule has 1 aromatic heterocycles. The lowest BCUT2D eigenvalue weighted by Crippen LogP contribution is -2.37. The van der Waals surface area contributed by atoms with Gasteiger partial charge in [0, 0.05) is 12.2 Å². The van der Waals surface area contributed by atoms with E-state index < -0.39 is 11.4 Å². The third-order valence-electron chi connectivity index (χ3n) is 3.86. The molecule has 0 aliphatic heterocycles. The van der Waals surface area contributed by atoms with Crippen molar-refractivity contribution in [1.29, 1.82) is 5.26 Å². The van der Waals surface area contributed by atoms with Crippen molar-refractivity contribution < 1.29 is 9.90 Å². The molecule has 0 saturated heterocycles. The van der Waals surface area contributed by atoms with Crippen LogP contribution in [-0.2, 0) is 4.79 Å². The number of anilines is 1. The molecule has 1 aromatic rings. The van der Waals surface area contributed by atoms with Gasteiger partial charge in [-0.05, 0) is 38.3 Å². The van der Waals surface area contributed by atoms with Crippen LogP contribution in [0.5, 0.6) is 0 Å². The smallest absolute Gasteiger partial charge is 0.311 e. The highest BCUT2D eigenvalue weighted by atomic mass is 16.4. The standard InChI is InChI=1S/C15H21N3O2/c1-5-15(6-2,14(19)20)9-17-13-12(8-16)10(3)7-11(4)18-13/h7H,5-6,9H2,1-4H3,(H,17,18)(H,19,20). The predicted octanol–water partition coefficient (Wildman–Crippen LogP) is 2.87. The average molecular weight is 275 g/mol. The molecule has 0 aliphatic carbocycles. The van der Waals surface area contributed by atoms with Gasteiger partial charge in [-0.2, -0.15) is 5.26 Å². The summed E-state index contributed by atoms with van der Waals surface area (Å²) in [5, 5.41) is 21.7. The fourth-order valence-corrected chi connectivity index (χ4v) is 2.24. The van der Waals surface area contributed by atoms with Crippen LogP contribution in [0.3, 0.4) is 0 Å². The summed E-state index contributed by atoms with van der Waals surface area (Å²) in [4.78, 5) is 15.8. The van der Waals surface area contributed by atoms with Crippen LogP contribution in [0.2, 0.25) is 0 Å². The van der Waals surface area contributed by atoms with Crippen molar-refractivity contribution in [3.63, 3.8) is 0 Å². The molecule has 0 aliphatic rings. The molecular weight excluding hydrogens is 254 g/mol. The van der Waals surface area contributed by atoms with Crippen LogP contribution in [0.15, 0.2) is 6.07 Å². The first-order valence-electron chi connectivity index (χ1n) is 6.75. The molecule has 0 saturated carbocycles. The Bertz CT molecular complexity index is 543. The zero-order chi connectivity index (χ0) is 15.3. The van der Waals surface area contributed by atoms with Gasteiger partial charge in [0.15, 0.2) is 0 Å². The molecule has 1 rings (SSSR count). The minimum Gasteiger partial charge on any atom is -0.481 e. The van der Waals surface area contributed by atoms with Gasteiger partial charge in [-0.25, -0.2) is 4.98 Å². The van der Waals surface area contributed by atoms with Gasteiger partial charge < -0.3 is 10.4 Å². The topological polar surface area (TPSA) is 86.0 Å². The zero-order valence-corrected chi connectivity index (χ0v) is 12.4. The number of aromatic nitrogens is 1. The van der Waals surface area contributed by atoms with Crippen molar-refractivity contribution in [2.45, 2.75) is 40.5 Å². The number of hydrogen-bond acceptors (Lipinski definition) is 4. The van der Waals surface area contributed by atoms with E-state index in [1.807, 2.05) is 33.8 Å². The SMILES string of the molecule is CCC(CC)(CNc1nc(C)cc(C)c1C#N)C(=O)O. The molecule has 0 unspecified atom stereocenters. The van der Waals surface area contributed by atoms with Crippen molar-refractivity contribution >= 4 is 11.8 Å². The minimum absolute atomic E-state index is 0.264. The average Bonchev–Trinajstić information content (AvgIpc) is 2.39. The van der Waals surface area contributed by atoms with E-state index in [1.54, 1.807) is 0 Å². The van der Waals surface area contributed by atoms with Gasteiger partial charge in [0.1, 0.15) is 11.9 Å². The van der Waals surface area contributed by atoms with Crippen molar-refractivity contribution in [1.82, 2.24) is 4.98 Å². The number of carbonyl (C=O) groups is 1. The first-order valence-corrected chi connectivity index (χ1v) is 6.75. The third-order valence-corrected chi connectivity index (χ3v) is 3.86. The lowest BCUT2D eigenvalue weighted by molar-refractivity contribution is -0.148. The second kappa shape index (κ2) is 6.38. The summed E-state index contributed by atoms with van der Waals surface area (Å²) in [6.07, 6.45) is 1.05. The number of hydrogen-bond donors (Lipinski definition) is 2. The van der Waals surface area contributed by atoms with Crippen LogP contribution >= 0.6 is 0 Å². The summed E-state index contributed by atoms with van der Waals surface area (Å²) < 4.78 is 0. The van der Waals surface area contributed by atoms with Crippen LogP contribution < -0.4 is 5.32 Å². The molecule has 1 heterocycles. The van der Waals surface area contributed by atoms with E-state index in [-0.39, 0.29) is 6.54 Å². The fourth-order valence-electron chi connectivity index (χ4n) is 2.24. The maximum Gasteiger partial charge on any atom is 0.311 e. The number of pyridine rings is 1. The van der Waals surface area contributed by atoms with E-state index in [0.29, 0.717) is 24.2 Å². The van der Waals surface area contributed by atoms with Crippen LogP contribution in [0.4, 0.5) is 5.82 Å². The second-order valence-electron chi connectivity index (χ2n) is 5.06. The van der Waals surface area contributed by atoms with E-state index in [1.165, 1.54) is 0 Å². The van der Waals surface area contributed by atoms with E-state index in [2.05, 4.69) is 16.4 Å². The number of nitrogens with zero attached hydrogens (tertiary/aromatic N) is 2. The molecule has 0 aromatic carbocycles.